The molecule has 2 aliphatic rings. The van der Waals surface area contributed by atoms with Crippen LogP contribution in [-0.2, 0) is 4.79 Å². The number of rotatable bonds is 6. The molecule has 0 spiro atoms. The molecule has 0 unspecified atom stereocenters. The molecule has 6 rings (SSSR count). The lowest BCUT2D eigenvalue weighted by atomic mass is 9.95. The number of nitrogens with zero attached hydrogens (tertiary/aromatic N) is 5. The van der Waals surface area contributed by atoms with Crippen molar-refractivity contribution in [1.29, 1.82) is 0 Å². The van der Waals surface area contributed by atoms with Crippen molar-refractivity contribution in [2.75, 3.05) is 11.9 Å². The molecule has 1 N–H and O–H groups in total. The van der Waals surface area contributed by atoms with E-state index in [1.165, 1.54) is 19.0 Å². The summed E-state index contributed by atoms with van der Waals surface area (Å²) >= 11 is 0. The lowest BCUT2D eigenvalue weighted by Gasteiger charge is -2.20. The Morgan fingerprint density at radius 1 is 1.18 bits per heavy atom. The van der Waals surface area contributed by atoms with Gasteiger partial charge in [-0.2, -0.15) is 10.2 Å². The molecule has 1 aromatic carbocycles. The molecule has 3 heterocycles. The van der Waals surface area contributed by atoms with E-state index in [0.29, 0.717) is 53.8 Å². The second-order valence-electron chi connectivity index (χ2n) is 8.94. The second kappa shape index (κ2) is 7.99. The van der Waals surface area contributed by atoms with Crippen molar-refractivity contribution in [3.8, 4) is 5.75 Å². The third kappa shape index (κ3) is 3.94. The fraction of sp³-hybridized carbons (Fsp3) is 0.375. The molecule has 3 aromatic heterocycles. The minimum absolute atomic E-state index is 0.217. The molecule has 9 heteroatoms. The van der Waals surface area contributed by atoms with Gasteiger partial charge in [-0.3, -0.25) is 14.3 Å². The van der Waals surface area contributed by atoms with Crippen molar-refractivity contribution in [2.45, 2.75) is 44.6 Å². The predicted octanol–water partition coefficient (Wildman–Crippen LogP) is 3.80. The smallest absolute Gasteiger partial charge is 0.261 e. The quantitative estimate of drug-likeness (QED) is 0.485. The summed E-state index contributed by atoms with van der Waals surface area (Å²) in [6, 6.07) is 5.78. The summed E-state index contributed by atoms with van der Waals surface area (Å²) in [5.41, 5.74) is 2.30. The van der Waals surface area contributed by atoms with Crippen LogP contribution in [0, 0.1) is 5.92 Å². The SMILES string of the molecule is O=C1CCC(n2cc3cc(NC(=O)c4cnn5cccnc45)c(OCC4CC4)cc3n2)CC1. The molecule has 0 radical (unpaired) electrons. The van der Waals surface area contributed by atoms with Gasteiger partial charge in [0.1, 0.15) is 17.1 Å². The van der Waals surface area contributed by atoms with E-state index >= 15 is 0 Å². The molecule has 9 nitrogen and oxygen atoms in total. The number of benzene rings is 1. The van der Waals surface area contributed by atoms with Crippen molar-refractivity contribution in [3.63, 3.8) is 0 Å². The number of Topliss-reactive ketones (excluding diaryl/α,β-unsaturated/α-hetero) is 1. The highest BCUT2D eigenvalue weighted by molar-refractivity contribution is 6.09. The molecule has 1 amide bonds. The lowest BCUT2D eigenvalue weighted by molar-refractivity contribution is -0.120. The van der Waals surface area contributed by atoms with Crippen LogP contribution in [0.5, 0.6) is 5.75 Å². The summed E-state index contributed by atoms with van der Waals surface area (Å²) < 4.78 is 9.63. The molecule has 0 bridgehead atoms. The first-order valence-electron chi connectivity index (χ1n) is 11.4. The van der Waals surface area contributed by atoms with Crippen molar-refractivity contribution < 1.29 is 14.3 Å². The topological polar surface area (TPSA) is 103 Å². The Balaban J connectivity index is 1.32. The minimum Gasteiger partial charge on any atom is -0.491 e. The average Bonchev–Trinajstić information content (AvgIpc) is 3.40. The Bertz CT molecular complexity index is 1360. The fourth-order valence-electron chi connectivity index (χ4n) is 4.33. The van der Waals surface area contributed by atoms with Gasteiger partial charge in [0.15, 0.2) is 5.65 Å². The van der Waals surface area contributed by atoms with Crippen molar-refractivity contribution in [2.24, 2.45) is 5.92 Å². The highest BCUT2D eigenvalue weighted by Crippen LogP contribution is 2.35. The van der Waals surface area contributed by atoms with E-state index in [1.807, 2.05) is 23.0 Å². The van der Waals surface area contributed by atoms with Crippen LogP contribution < -0.4 is 10.1 Å². The Hall–Kier alpha value is -3.75. The first kappa shape index (κ1) is 19.9. The summed E-state index contributed by atoms with van der Waals surface area (Å²) in [7, 11) is 0. The Labute approximate surface area is 189 Å². The number of nitrogens with one attached hydrogen (secondary N) is 1. The largest absolute Gasteiger partial charge is 0.491 e. The Morgan fingerprint density at radius 3 is 2.85 bits per heavy atom. The number of hydrogen-bond donors (Lipinski definition) is 1. The van der Waals surface area contributed by atoms with E-state index in [0.717, 1.165) is 23.7 Å². The monoisotopic (exact) mass is 444 g/mol. The summed E-state index contributed by atoms with van der Waals surface area (Å²) in [6.45, 7) is 0.623. The molecule has 168 valence electrons. The number of hydrogen-bond acceptors (Lipinski definition) is 6. The normalized spacial score (nSPS) is 17.0. The van der Waals surface area contributed by atoms with Crippen LogP contribution in [-0.4, -0.2) is 42.7 Å². The third-order valence-electron chi connectivity index (χ3n) is 6.45. The molecule has 2 saturated carbocycles. The standard InChI is InChI=1S/C24H24N6O3/c31-18-6-4-17(5-7-18)30-13-16-10-21(22(11-20(16)28-30)33-14-15-2-3-15)27-24(32)19-12-26-29-9-1-8-25-23(19)29/h1,8-13,15,17H,2-7,14H2,(H,27,32). The van der Waals surface area contributed by atoms with Gasteiger partial charge in [0.2, 0.25) is 0 Å². The van der Waals surface area contributed by atoms with E-state index in [1.54, 1.807) is 23.0 Å². The van der Waals surface area contributed by atoms with E-state index in [4.69, 9.17) is 9.84 Å². The highest BCUT2D eigenvalue weighted by atomic mass is 16.5. The van der Waals surface area contributed by atoms with Crippen LogP contribution in [0.15, 0.2) is 43.0 Å². The number of anilines is 1. The summed E-state index contributed by atoms with van der Waals surface area (Å²) in [6.07, 6.45) is 12.1. The van der Waals surface area contributed by atoms with Crippen LogP contribution in [0.2, 0.25) is 0 Å². The molecular formula is C24H24N6O3. The van der Waals surface area contributed by atoms with Crippen molar-refractivity contribution in [3.05, 3.63) is 48.5 Å². The number of ketones is 1. The number of fused-ring (bicyclic) bond motifs is 2. The van der Waals surface area contributed by atoms with Gasteiger partial charge >= 0.3 is 0 Å². The number of carbonyl (C=O) groups is 2. The minimum atomic E-state index is -0.294. The maximum atomic E-state index is 13.1. The first-order chi connectivity index (χ1) is 16.1. The van der Waals surface area contributed by atoms with Crippen LogP contribution >= 0.6 is 0 Å². The summed E-state index contributed by atoms with van der Waals surface area (Å²) in [5.74, 6) is 1.21. The zero-order chi connectivity index (χ0) is 22.4. The molecule has 2 aliphatic carbocycles. The Morgan fingerprint density at radius 2 is 2.03 bits per heavy atom. The van der Waals surface area contributed by atoms with E-state index in [2.05, 4.69) is 15.4 Å². The second-order valence-corrected chi connectivity index (χ2v) is 8.94. The third-order valence-corrected chi connectivity index (χ3v) is 6.45. The molecule has 33 heavy (non-hydrogen) atoms. The predicted molar refractivity (Wildman–Crippen MR) is 121 cm³/mol. The van der Waals surface area contributed by atoms with E-state index in [-0.39, 0.29) is 11.9 Å². The van der Waals surface area contributed by atoms with Crippen LogP contribution in [0.3, 0.4) is 0 Å². The number of amides is 1. The maximum Gasteiger partial charge on any atom is 0.261 e. The van der Waals surface area contributed by atoms with Crippen LogP contribution in [0.25, 0.3) is 16.6 Å². The molecular weight excluding hydrogens is 420 g/mol. The van der Waals surface area contributed by atoms with Crippen LogP contribution in [0.4, 0.5) is 5.69 Å². The molecule has 2 fully saturated rings. The molecule has 0 aliphatic heterocycles. The number of ether oxygens (including phenoxy) is 1. The fourth-order valence-corrected chi connectivity index (χ4v) is 4.33. The zero-order valence-electron chi connectivity index (χ0n) is 18.1. The Kier molecular flexibility index (Phi) is 4.82. The molecule has 4 aromatic rings. The first-order valence-corrected chi connectivity index (χ1v) is 11.4. The summed E-state index contributed by atoms with van der Waals surface area (Å²) in [4.78, 5) is 29.0. The van der Waals surface area contributed by atoms with Gasteiger partial charge < -0.3 is 10.1 Å². The van der Waals surface area contributed by atoms with Crippen molar-refractivity contribution >= 4 is 33.9 Å². The number of aromatic nitrogens is 5. The number of carbonyl (C=O) groups excluding carboxylic acids is 2. The van der Waals surface area contributed by atoms with Gasteiger partial charge in [-0.1, -0.05) is 0 Å². The van der Waals surface area contributed by atoms with E-state index < -0.39 is 0 Å². The summed E-state index contributed by atoms with van der Waals surface area (Å²) in [5, 5.41) is 12.9. The zero-order valence-corrected chi connectivity index (χ0v) is 18.1. The van der Waals surface area contributed by atoms with Gasteiger partial charge in [-0.25, -0.2) is 9.50 Å². The van der Waals surface area contributed by atoms with Gasteiger partial charge in [0.05, 0.1) is 30.0 Å². The van der Waals surface area contributed by atoms with Gasteiger partial charge in [0, 0.05) is 42.9 Å². The van der Waals surface area contributed by atoms with Crippen LogP contribution in [0.1, 0.15) is 54.9 Å². The van der Waals surface area contributed by atoms with E-state index in [9.17, 15) is 9.59 Å². The highest BCUT2D eigenvalue weighted by Gasteiger charge is 2.25. The maximum absolute atomic E-state index is 13.1. The molecule has 0 atom stereocenters. The van der Waals surface area contributed by atoms with Gasteiger partial charge in [0.25, 0.3) is 5.91 Å². The average molecular weight is 444 g/mol. The lowest BCUT2D eigenvalue weighted by Crippen LogP contribution is -2.18. The van der Waals surface area contributed by atoms with Gasteiger partial charge in [-0.15, -0.1) is 0 Å². The van der Waals surface area contributed by atoms with Gasteiger partial charge in [-0.05, 0) is 43.7 Å². The van der Waals surface area contributed by atoms with Crippen molar-refractivity contribution in [1.82, 2.24) is 24.4 Å². The molecule has 0 saturated heterocycles.